The number of nitrogens with zero attached hydrogens (tertiary/aromatic N) is 1. The molecule has 6 nitrogen and oxygen atoms in total. The number of rotatable bonds is 6. The van der Waals surface area contributed by atoms with Crippen molar-refractivity contribution in [2.75, 3.05) is 20.0 Å². The summed E-state index contributed by atoms with van der Waals surface area (Å²) in [7, 11) is 3.01. The van der Waals surface area contributed by atoms with Crippen molar-refractivity contribution >= 4 is 28.9 Å². The molecule has 3 rings (SSSR count). The molecular formula is C18H17Cl2N3O3. The number of benzene rings is 2. The Morgan fingerprint density at radius 2 is 1.69 bits per heavy atom. The van der Waals surface area contributed by atoms with Gasteiger partial charge in [-0.3, -0.25) is 5.10 Å². The third-order valence-corrected chi connectivity index (χ3v) is 4.49. The summed E-state index contributed by atoms with van der Waals surface area (Å²) in [5, 5.41) is 7.73. The van der Waals surface area contributed by atoms with Gasteiger partial charge < -0.3 is 19.9 Å². The number of nitrogens with one attached hydrogen (secondary N) is 1. The monoisotopic (exact) mass is 393 g/mol. The molecule has 0 saturated carbocycles. The summed E-state index contributed by atoms with van der Waals surface area (Å²) < 4.78 is 16.2. The lowest BCUT2D eigenvalue weighted by Gasteiger charge is -2.14. The maximum Gasteiger partial charge on any atom is 0.164 e. The second-order valence-electron chi connectivity index (χ2n) is 5.39. The lowest BCUT2D eigenvalue weighted by atomic mass is 10.1. The van der Waals surface area contributed by atoms with Crippen LogP contribution in [0.2, 0.25) is 10.0 Å². The van der Waals surface area contributed by atoms with E-state index in [0.29, 0.717) is 17.2 Å². The topological polar surface area (TPSA) is 82.4 Å². The van der Waals surface area contributed by atoms with Gasteiger partial charge in [-0.15, -0.1) is 0 Å². The molecule has 1 aromatic heterocycles. The van der Waals surface area contributed by atoms with Crippen LogP contribution in [0.25, 0.3) is 11.3 Å². The zero-order valence-electron chi connectivity index (χ0n) is 14.2. The van der Waals surface area contributed by atoms with Crippen LogP contribution in [0.4, 0.5) is 5.69 Å². The van der Waals surface area contributed by atoms with Crippen molar-refractivity contribution in [3.05, 3.63) is 52.1 Å². The van der Waals surface area contributed by atoms with Gasteiger partial charge in [0.1, 0.15) is 28.2 Å². The third-order valence-electron chi connectivity index (χ3n) is 3.77. The highest BCUT2D eigenvalue weighted by atomic mass is 35.5. The number of aromatic nitrogens is 2. The molecule has 0 bridgehead atoms. The van der Waals surface area contributed by atoms with Gasteiger partial charge in [0.05, 0.1) is 25.6 Å². The van der Waals surface area contributed by atoms with Crippen molar-refractivity contribution in [3.8, 4) is 28.5 Å². The molecule has 26 heavy (non-hydrogen) atoms. The van der Waals surface area contributed by atoms with Crippen molar-refractivity contribution in [3.63, 3.8) is 0 Å². The van der Waals surface area contributed by atoms with Crippen LogP contribution >= 0.6 is 23.2 Å². The van der Waals surface area contributed by atoms with E-state index in [1.54, 1.807) is 6.07 Å². The summed E-state index contributed by atoms with van der Waals surface area (Å²) in [6.45, 7) is 0.176. The zero-order valence-corrected chi connectivity index (χ0v) is 15.7. The Morgan fingerprint density at radius 3 is 2.31 bits per heavy atom. The van der Waals surface area contributed by atoms with Crippen molar-refractivity contribution < 1.29 is 14.2 Å². The second-order valence-corrected chi connectivity index (χ2v) is 6.15. The number of nitrogen functional groups attached to an aromatic ring is 1. The highest BCUT2D eigenvalue weighted by molar-refractivity contribution is 6.39. The highest BCUT2D eigenvalue weighted by Gasteiger charge is 2.19. The highest BCUT2D eigenvalue weighted by Crippen LogP contribution is 2.46. The number of anilines is 1. The van der Waals surface area contributed by atoms with Crippen LogP contribution < -0.4 is 19.9 Å². The number of para-hydroxylation sites is 1. The number of hydrogen-bond acceptors (Lipinski definition) is 5. The fraction of sp³-hybridized carbons (Fsp3) is 0.167. The van der Waals surface area contributed by atoms with E-state index < -0.39 is 0 Å². The Bertz CT molecular complexity index is 900. The SMILES string of the molecule is COc1cc(OC)c(Cl)c(OCc2cc(-c3ccccc3N)n[nH]2)c1Cl. The van der Waals surface area contributed by atoms with Crippen LogP contribution in [0.5, 0.6) is 17.2 Å². The standard InChI is InChI=1S/C18H17Cl2N3O3/c1-24-14-8-15(25-2)17(20)18(16(14)19)26-9-10-7-13(23-22-10)11-5-3-4-6-12(11)21/h3-8H,9,21H2,1-2H3,(H,22,23). The van der Waals surface area contributed by atoms with E-state index in [0.717, 1.165) is 17.0 Å². The normalized spacial score (nSPS) is 10.6. The Hall–Kier alpha value is -2.57. The molecule has 0 aliphatic carbocycles. The van der Waals surface area contributed by atoms with Crippen LogP contribution in [-0.2, 0) is 6.61 Å². The van der Waals surface area contributed by atoms with Crippen LogP contribution in [0.3, 0.4) is 0 Å². The molecule has 0 fully saturated rings. The summed E-state index contributed by atoms with van der Waals surface area (Å²) in [5.41, 5.74) is 8.93. The average Bonchev–Trinajstić information content (AvgIpc) is 3.11. The Morgan fingerprint density at radius 1 is 1.04 bits per heavy atom. The molecule has 0 spiro atoms. The van der Waals surface area contributed by atoms with Gasteiger partial charge >= 0.3 is 0 Å². The molecule has 8 heteroatoms. The molecule has 0 amide bonds. The predicted molar refractivity (Wildman–Crippen MR) is 102 cm³/mol. The summed E-state index contributed by atoms with van der Waals surface area (Å²) in [6, 6.07) is 10.9. The van der Waals surface area contributed by atoms with E-state index in [1.807, 2.05) is 30.3 Å². The lowest BCUT2D eigenvalue weighted by molar-refractivity contribution is 0.296. The van der Waals surface area contributed by atoms with Gasteiger partial charge in [-0.05, 0) is 12.1 Å². The van der Waals surface area contributed by atoms with Gasteiger partial charge in [-0.1, -0.05) is 41.4 Å². The molecule has 3 aromatic rings. The van der Waals surface area contributed by atoms with Gasteiger partial charge in [0, 0.05) is 17.3 Å². The summed E-state index contributed by atoms with van der Waals surface area (Å²) in [4.78, 5) is 0. The predicted octanol–water partition coefficient (Wildman–Crippen LogP) is 4.56. The van der Waals surface area contributed by atoms with E-state index in [-0.39, 0.29) is 22.4 Å². The maximum absolute atomic E-state index is 6.30. The fourth-order valence-electron chi connectivity index (χ4n) is 2.44. The maximum atomic E-state index is 6.30. The molecule has 0 aliphatic heterocycles. The summed E-state index contributed by atoms with van der Waals surface area (Å²) in [5.74, 6) is 1.09. The molecule has 136 valence electrons. The van der Waals surface area contributed by atoms with Gasteiger partial charge in [-0.2, -0.15) is 5.10 Å². The van der Waals surface area contributed by atoms with E-state index in [2.05, 4.69) is 10.2 Å². The smallest absolute Gasteiger partial charge is 0.164 e. The average molecular weight is 394 g/mol. The minimum atomic E-state index is 0.176. The number of methoxy groups -OCH3 is 2. The first-order valence-corrected chi connectivity index (χ1v) is 8.42. The van der Waals surface area contributed by atoms with E-state index in [4.69, 9.17) is 43.1 Å². The second kappa shape index (κ2) is 7.76. The minimum absolute atomic E-state index is 0.176. The molecule has 0 saturated heterocycles. The molecular weight excluding hydrogens is 377 g/mol. The minimum Gasteiger partial charge on any atom is -0.495 e. The fourth-order valence-corrected chi connectivity index (χ4v) is 3.05. The van der Waals surface area contributed by atoms with Crippen molar-refractivity contribution in [1.29, 1.82) is 0 Å². The molecule has 0 radical (unpaired) electrons. The zero-order chi connectivity index (χ0) is 18.7. The molecule has 3 N–H and O–H groups in total. The quantitative estimate of drug-likeness (QED) is 0.599. The third kappa shape index (κ3) is 3.52. The van der Waals surface area contributed by atoms with E-state index in [9.17, 15) is 0 Å². The Kier molecular flexibility index (Phi) is 5.44. The van der Waals surface area contributed by atoms with Crippen molar-refractivity contribution in [2.45, 2.75) is 6.61 Å². The molecule has 0 atom stereocenters. The van der Waals surface area contributed by atoms with Gasteiger partial charge in [0.2, 0.25) is 0 Å². The van der Waals surface area contributed by atoms with Crippen LogP contribution in [0, 0.1) is 0 Å². The number of hydrogen-bond donors (Lipinski definition) is 2. The lowest BCUT2D eigenvalue weighted by Crippen LogP contribution is -1.99. The van der Waals surface area contributed by atoms with Crippen LogP contribution in [0.15, 0.2) is 36.4 Å². The molecule has 2 aromatic carbocycles. The summed E-state index contributed by atoms with van der Waals surface area (Å²) >= 11 is 12.6. The first kappa shape index (κ1) is 18.2. The Balaban J connectivity index is 1.83. The van der Waals surface area contributed by atoms with Crippen molar-refractivity contribution in [2.24, 2.45) is 0 Å². The van der Waals surface area contributed by atoms with E-state index in [1.165, 1.54) is 14.2 Å². The largest absolute Gasteiger partial charge is 0.495 e. The molecule has 1 heterocycles. The van der Waals surface area contributed by atoms with Crippen molar-refractivity contribution in [1.82, 2.24) is 10.2 Å². The molecule has 0 aliphatic rings. The number of aromatic amines is 1. The first-order chi connectivity index (χ1) is 12.5. The van der Waals surface area contributed by atoms with Gasteiger partial charge in [0.15, 0.2) is 5.75 Å². The number of ether oxygens (including phenoxy) is 3. The van der Waals surface area contributed by atoms with E-state index >= 15 is 0 Å². The van der Waals surface area contributed by atoms with Crippen LogP contribution in [0.1, 0.15) is 5.69 Å². The van der Waals surface area contributed by atoms with Gasteiger partial charge in [-0.25, -0.2) is 0 Å². The number of H-pyrrole nitrogens is 1. The number of nitrogens with two attached hydrogens (primary N) is 1. The first-order valence-electron chi connectivity index (χ1n) is 7.67. The Labute approximate surface area is 160 Å². The van der Waals surface area contributed by atoms with Crippen LogP contribution in [-0.4, -0.2) is 24.4 Å². The number of halogens is 2. The molecule has 0 unspecified atom stereocenters. The van der Waals surface area contributed by atoms with Gasteiger partial charge in [0.25, 0.3) is 0 Å². The summed E-state index contributed by atoms with van der Waals surface area (Å²) in [6.07, 6.45) is 0.